The van der Waals surface area contributed by atoms with E-state index < -0.39 is 0 Å². The van der Waals surface area contributed by atoms with Crippen LogP contribution in [0.3, 0.4) is 0 Å². The van der Waals surface area contributed by atoms with Crippen molar-refractivity contribution in [3.63, 3.8) is 0 Å². The van der Waals surface area contributed by atoms with Crippen LogP contribution in [-0.4, -0.2) is 29.2 Å². The van der Waals surface area contributed by atoms with Crippen LogP contribution in [0.1, 0.15) is 19.8 Å². The minimum Gasteiger partial charge on any atom is -0.410 e. The summed E-state index contributed by atoms with van der Waals surface area (Å²) >= 11 is 0. The van der Waals surface area contributed by atoms with Crippen LogP contribution in [0.5, 0.6) is 5.75 Å². The smallest absolute Gasteiger partial charge is 0.410 e. The summed E-state index contributed by atoms with van der Waals surface area (Å²) in [5, 5.41) is 1.14. The van der Waals surface area contributed by atoms with Crippen molar-refractivity contribution in [1.29, 1.82) is 0 Å². The molecule has 0 aliphatic carbocycles. The molecule has 102 valence electrons. The fraction of sp³-hybridized carbons (Fsp3) is 0.400. The molecule has 4 heteroatoms. The number of hydrogen-bond donors (Lipinski definition) is 0. The van der Waals surface area contributed by atoms with Crippen molar-refractivity contribution in [2.75, 3.05) is 13.6 Å². The van der Waals surface area contributed by atoms with Gasteiger partial charge < -0.3 is 14.2 Å². The Labute approximate surface area is 113 Å². The van der Waals surface area contributed by atoms with Gasteiger partial charge in [0.2, 0.25) is 0 Å². The Hall–Kier alpha value is -1.97. The van der Waals surface area contributed by atoms with E-state index in [1.807, 2.05) is 42.1 Å². The lowest BCUT2D eigenvalue weighted by atomic mass is 10.2. The summed E-state index contributed by atoms with van der Waals surface area (Å²) in [7, 11) is 3.74. The van der Waals surface area contributed by atoms with Gasteiger partial charge in [0.25, 0.3) is 0 Å². The number of benzene rings is 1. The van der Waals surface area contributed by atoms with E-state index in [0.717, 1.165) is 30.3 Å². The normalized spacial score (nSPS) is 10.7. The third-order valence-corrected chi connectivity index (χ3v) is 3.22. The van der Waals surface area contributed by atoms with Gasteiger partial charge in [0, 0.05) is 32.9 Å². The molecule has 0 spiro atoms. The van der Waals surface area contributed by atoms with E-state index in [1.54, 1.807) is 11.9 Å². The van der Waals surface area contributed by atoms with Crippen LogP contribution in [0.4, 0.5) is 4.79 Å². The Balaban J connectivity index is 2.08. The van der Waals surface area contributed by atoms with E-state index in [0.29, 0.717) is 5.75 Å². The molecule has 1 heterocycles. The van der Waals surface area contributed by atoms with E-state index in [4.69, 9.17) is 4.74 Å². The largest absolute Gasteiger partial charge is 0.414 e. The van der Waals surface area contributed by atoms with Crippen LogP contribution in [0.25, 0.3) is 10.9 Å². The van der Waals surface area contributed by atoms with Crippen molar-refractivity contribution in [1.82, 2.24) is 9.47 Å². The highest BCUT2D eigenvalue weighted by atomic mass is 16.6. The lowest BCUT2D eigenvalue weighted by Gasteiger charge is -2.16. The molecule has 0 fully saturated rings. The third kappa shape index (κ3) is 3.08. The summed E-state index contributed by atoms with van der Waals surface area (Å²) in [6, 6.07) is 7.72. The molecule has 0 bridgehead atoms. The molecule has 0 atom stereocenters. The number of carbonyl (C=O) groups excluding carboxylic acids is 1. The molecule has 2 aromatic rings. The van der Waals surface area contributed by atoms with Gasteiger partial charge in [-0.05, 0) is 30.0 Å². The first-order valence-electron chi connectivity index (χ1n) is 6.60. The Kier molecular flexibility index (Phi) is 4.10. The van der Waals surface area contributed by atoms with Crippen LogP contribution >= 0.6 is 0 Å². The quantitative estimate of drug-likeness (QED) is 0.844. The van der Waals surface area contributed by atoms with Crippen LogP contribution in [-0.2, 0) is 7.05 Å². The Morgan fingerprint density at radius 1 is 1.37 bits per heavy atom. The van der Waals surface area contributed by atoms with Gasteiger partial charge in [-0.15, -0.1) is 0 Å². The molecule has 0 radical (unpaired) electrons. The summed E-state index contributed by atoms with van der Waals surface area (Å²) in [6.07, 6.45) is 3.74. The van der Waals surface area contributed by atoms with Gasteiger partial charge in [0.1, 0.15) is 5.75 Å². The summed E-state index contributed by atoms with van der Waals surface area (Å²) in [4.78, 5) is 13.5. The van der Waals surface area contributed by atoms with E-state index in [-0.39, 0.29) is 6.09 Å². The zero-order valence-electron chi connectivity index (χ0n) is 11.7. The Morgan fingerprint density at radius 3 is 2.89 bits per heavy atom. The van der Waals surface area contributed by atoms with Crippen molar-refractivity contribution < 1.29 is 9.53 Å². The first kappa shape index (κ1) is 13.5. The topological polar surface area (TPSA) is 34.5 Å². The zero-order valence-corrected chi connectivity index (χ0v) is 11.7. The Bertz CT molecular complexity index is 575. The Morgan fingerprint density at radius 2 is 2.16 bits per heavy atom. The number of amides is 1. The average molecular weight is 260 g/mol. The highest BCUT2D eigenvalue weighted by molar-refractivity contribution is 5.82. The summed E-state index contributed by atoms with van der Waals surface area (Å²) in [6.45, 7) is 2.82. The molecular formula is C15H20N2O2. The van der Waals surface area contributed by atoms with Crippen molar-refractivity contribution in [3.05, 3.63) is 30.5 Å². The van der Waals surface area contributed by atoms with Gasteiger partial charge >= 0.3 is 6.09 Å². The SMILES string of the molecule is CCCCN(C)C(=O)Oc1ccc2ccn(C)c2c1. The van der Waals surface area contributed by atoms with Crippen molar-refractivity contribution >= 4 is 17.0 Å². The first-order chi connectivity index (χ1) is 9.11. The van der Waals surface area contributed by atoms with Crippen molar-refractivity contribution in [2.24, 2.45) is 7.05 Å². The van der Waals surface area contributed by atoms with Crippen LogP contribution in [0, 0.1) is 0 Å². The zero-order chi connectivity index (χ0) is 13.8. The molecule has 2 rings (SSSR count). The van der Waals surface area contributed by atoms with Crippen molar-refractivity contribution in [2.45, 2.75) is 19.8 Å². The summed E-state index contributed by atoms with van der Waals surface area (Å²) in [5.74, 6) is 0.586. The number of aromatic nitrogens is 1. The molecule has 0 N–H and O–H groups in total. The second-order valence-corrected chi connectivity index (χ2v) is 4.79. The van der Waals surface area contributed by atoms with Gasteiger partial charge in [-0.2, -0.15) is 0 Å². The highest BCUT2D eigenvalue weighted by Gasteiger charge is 2.11. The summed E-state index contributed by atoms with van der Waals surface area (Å²) in [5.41, 5.74) is 1.06. The van der Waals surface area contributed by atoms with Crippen molar-refractivity contribution in [3.8, 4) is 5.75 Å². The molecule has 0 aliphatic heterocycles. The molecule has 1 amide bonds. The fourth-order valence-corrected chi connectivity index (χ4v) is 1.97. The maximum atomic E-state index is 11.9. The maximum absolute atomic E-state index is 11.9. The first-order valence-corrected chi connectivity index (χ1v) is 6.60. The molecule has 0 saturated carbocycles. The predicted molar refractivity (Wildman–Crippen MR) is 76.5 cm³/mol. The standard InChI is InChI=1S/C15H20N2O2/c1-4-5-9-17(3)15(18)19-13-7-6-12-8-10-16(2)14(12)11-13/h6-8,10-11H,4-5,9H2,1-3H3. The minimum atomic E-state index is -0.304. The lowest BCUT2D eigenvalue weighted by molar-refractivity contribution is 0.162. The third-order valence-electron chi connectivity index (χ3n) is 3.22. The lowest BCUT2D eigenvalue weighted by Crippen LogP contribution is -2.30. The number of fused-ring (bicyclic) bond motifs is 1. The second kappa shape index (κ2) is 5.78. The fourth-order valence-electron chi connectivity index (χ4n) is 1.97. The number of unbranched alkanes of at least 4 members (excludes halogenated alkanes) is 1. The maximum Gasteiger partial charge on any atom is 0.414 e. The number of nitrogens with zero attached hydrogens (tertiary/aromatic N) is 2. The number of carbonyl (C=O) groups is 1. The second-order valence-electron chi connectivity index (χ2n) is 4.79. The number of aryl methyl sites for hydroxylation is 1. The average Bonchev–Trinajstić information content (AvgIpc) is 2.77. The molecule has 0 aliphatic rings. The summed E-state index contributed by atoms with van der Waals surface area (Å²) < 4.78 is 7.39. The van der Waals surface area contributed by atoms with E-state index in [2.05, 4.69) is 6.92 Å². The van der Waals surface area contributed by atoms with Crippen LogP contribution in [0.15, 0.2) is 30.5 Å². The molecule has 0 unspecified atom stereocenters. The van der Waals surface area contributed by atoms with E-state index >= 15 is 0 Å². The number of ether oxygens (including phenoxy) is 1. The number of rotatable bonds is 4. The molecule has 1 aromatic heterocycles. The van der Waals surface area contributed by atoms with Gasteiger partial charge in [-0.1, -0.05) is 13.3 Å². The molecular weight excluding hydrogens is 240 g/mol. The molecule has 19 heavy (non-hydrogen) atoms. The van der Waals surface area contributed by atoms with E-state index in [9.17, 15) is 4.79 Å². The molecule has 1 aromatic carbocycles. The van der Waals surface area contributed by atoms with Gasteiger partial charge in [-0.3, -0.25) is 0 Å². The number of hydrogen-bond acceptors (Lipinski definition) is 2. The van der Waals surface area contributed by atoms with Gasteiger partial charge in [0.05, 0.1) is 5.52 Å². The van der Waals surface area contributed by atoms with Gasteiger partial charge in [0.15, 0.2) is 0 Å². The highest BCUT2D eigenvalue weighted by Crippen LogP contribution is 2.21. The minimum absolute atomic E-state index is 0.304. The monoisotopic (exact) mass is 260 g/mol. The molecule has 0 saturated heterocycles. The van der Waals surface area contributed by atoms with E-state index in [1.165, 1.54) is 0 Å². The molecule has 4 nitrogen and oxygen atoms in total. The predicted octanol–water partition coefficient (Wildman–Crippen LogP) is 3.41. The van der Waals surface area contributed by atoms with Crippen LogP contribution in [0.2, 0.25) is 0 Å². The van der Waals surface area contributed by atoms with Crippen LogP contribution < -0.4 is 4.74 Å². The van der Waals surface area contributed by atoms with Gasteiger partial charge in [-0.25, -0.2) is 4.79 Å².